The minimum absolute atomic E-state index is 0.0714. The Bertz CT molecular complexity index is 1840. The lowest BCUT2D eigenvalue weighted by Gasteiger charge is -2.26. The van der Waals surface area contributed by atoms with Crippen LogP contribution < -0.4 is 9.47 Å². The third-order valence-corrected chi connectivity index (χ3v) is 9.22. The number of benzene rings is 2. The van der Waals surface area contributed by atoms with Gasteiger partial charge in [-0.1, -0.05) is 78.8 Å². The van der Waals surface area contributed by atoms with Gasteiger partial charge in [0.25, 0.3) is 0 Å². The van der Waals surface area contributed by atoms with Crippen LogP contribution in [0.3, 0.4) is 0 Å². The van der Waals surface area contributed by atoms with Gasteiger partial charge in [0, 0.05) is 63.2 Å². The number of aromatic nitrogens is 3. The van der Waals surface area contributed by atoms with E-state index in [4.69, 9.17) is 14.2 Å². The van der Waals surface area contributed by atoms with Crippen molar-refractivity contribution in [2.45, 2.75) is 112 Å². The van der Waals surface area contributed by atoms with Gasteiger partial charge in [0.05, 0.1) is 24.3 Å². The normalized spacial score (nSPS) is 11.2. The lowest BCUT2D eigenvalue weighted by molar-refractivity contribution is -0.153. The number of ether oxygens (including phenoxy) is 3. The standard InChI is InChI=1S/C40H47N3O4S.2C2H6/c1-9-45-36-20-16-30(24-42-36)29-14-12-28(13-15-29)25-43-34-19-18-32(47-26-31-17-11-27(3)23-41-31)21-33(34)37(48-39(4,5)6)35(43)22-40(7,8)38(44)46-10-2;2*1-2/h11-21,23-24H,9-10,22,25-26H2,1-8H3;2*1-2H3. The first-order chi connectivity index (χ1) is 24.9. The van der Waals surface area contributed by atoms with Crippen molar-refractivity contribution in [1.29, 1.82) is 0 Å². The number of aryl methyl sites for hydroxylation is 1. The fourth-order valence-electron chi connectivity index (χ4n) is 5.55. The van der Waals surface area contributed by atoms with Crippen LogP contribution in [-0.2, 0) is 29.1 Å². The van der Waals surface area contributed by atoms with Crippen LogP contribution in [0.4, 0.5) is 0 Å². The number of carbonyl (C=O) groups is 1. The van der Waals surface area contributed by atoms with Gasteiger partial charge in [0.15, 0.2) is 0 Å². The fraction of sp³-hybridized carbons (Fsp3) is 0.432. The highest BCUT2D eigenvalue weighted by molar-refractivity contribution is 8.00. The summed E-state index contributed by atoms with van der Waals surface area (Å²) in [5.41, 5.74) is 6.75. The molecule has 0 radical (unpaired) electrons. The molecule has 0 aliphatic rings. The third-order valence-electron chi connectivity index (χ3n) is 7.95. The lowest BCUT2D eigenvalue weighted by Crippen LogP contribution is -2.30. The molecule has 0 atom stereocenters. The Hall–Kier alpha value is -4.30. The molecule has 5 rings (SSSR count). The van der Waals surface area contributed by atoms with Crippen molar-refractivity contribution >= 4 is 28.6 Å². The number of carbonyl (C=O) groups excluding carboxylic acids is 1. The van der Waals surface area contributed by atoms with Crippen LogP contribution in [-0.4, -0.2) is 38.5 Å². The summed E-state index contributed by atoms with van der Waals surface area (Å²) in [6.45, 7) is 26.4. The molecule has 5 aromatic rings. The number of hydrogen-bond acceptors (Lipinski definition) is 7. The van der Waals surface area contributed by atoms with Crippen LogP contribution >= 0.6 is 11.8 Å². The average Bonchev–Trinajstić information content (AvgIpc) is 3.39. The van der Waals surface area contributed by atoms with Gasteiger partial charge in [-0.05, 0) is 81.6 Å². The molecule has 280 valence electrons. The lowest BCUT2D eigenvalue weighted by atomic mass is 9.87. The summed E-state index contributed by atoms with van der Waals surface area (Å²) in [6.07, 6.45) is 4.23. The molecule has 0 aliphatic carbocycles. The summed E-state index contributed by atoms with van der Waals surface area (Å²) >= 11 is 1.83. The van der Waals surface area contributed by atoms with Gasteiger partial charge in [-0.2, -0.15) is 0 Å². The van der Waals surface area contributed by atoms with Crippen LogP contribution in [0.25, 0.3) is 22.0 Å². The van der Waals surface area contributed by atoms with E-state index in [0.29, 0.717) is 38.7 Å². The first-order valence-corrected chi connectivity index (χ1v) is 19.4. The van der Waals surface area contributed by atoms with Crippen molar-refractivity contribution in [3.63, 3.8) is 0 Å². The van der Waals surface area contributed by atoms with Crippen molar-refractivity contribution in [1.82, 2.24) is 14.5 Å². The predicted octanol–water partition coefficient (Wildman–Crippen LogP) is 11.5. The Balaban J connectivity index is 0.00000176. The molecule has 3 heterocycles. The maximum absolute atomic E-state index is 13.2. The highest BCUT2D eigenvalue weighted by atomic mass is 32.2. The summed E-state index contributed by atoms with van der Waals surface area (Å²) in [7, 11) is 0. The van der Waals surface area contributed by atoms with Crippen molar-refractivity contribution < 1.29 is 19.0 Å². The first kappa shape index (κ1) is 42.1. The number of hydrogen-bond donors (Lipinski definition) is 0. The average molecular weight is 726 g/mol. The molecule has 3 aromatic heterocycles. The van der Waals surface area contributed by atoms with Gasteiger partial charge in [0.1, 0.15) is 12.4 Å². The molecule has 0 saturated carbocycles. The van der Waals surface area contributed by atoms with Crippen LogP contribution in [0, 0.1) is 12.3 Å². The second-order valence-corrected chi connectivity index (χ2v) is 15.5. The van der Waals surface area contributed by atoms with E-state index in [1.807, 2.05) is 117 Å². The number of pyridine rings is 2. The summed E-state index contributed by atoms with van der Waals surface area (Å²) < 4.78 is 19.6. The second-order valence-electron chi connectivity index (χ2n) is 13.7. The van der Waals surface area contributed by atoms with Crippen molar-refractivity contribution in [2.75, 3.05) is 13.2 Å². The van der Waals surface area contributed by atoms with Gasteiger partial charge in [0.2, 0.25) is 5.88 Å². The van der Waals surface area contributed by atoms with Crippen molar-refractivity contribution in [3.05, 3.63) is 102 Å². The molecule has 0 amide bonds. The molecular formula is C44H59N3O4S. The molecule has 2 aromatic carbocycles. The Morgan fingerprint density at radius 3 is 2.06 bits per heavy atom. The van der Waals surface area contributed by atoms with Crippen molar-refractivity contribution in [2.24, 2.45) is 5.41 Å². The SMILES string of the molecule is CC.CC.CCOC(=O)C(C)(C)Cc1c(SC(C)(C)C)c2cc(OCc3ccc(C)cn3)ccc2n1Cc1ccc(-c2ccc(OCC)nc2)cc1. The van der Waals surface area contributed by atoms with E-state index in [1.165, 1.54) is 0 Å². The monoisotopic (exact) mass is 725 g/mol. The zero-order chi connectivity index (χ0) is 38.5. The molecule has 52 heavy (non-hydrogen) atoms. The van der Waals surface area contributed by atoms with Crippen LogP contribution in [0.5, 0.6) is 11.6 Å². The predicted molar refractivity (Wildman–Crippen MR) is 218 cm³/mol. The number of rotatable bonds is 13. The molecule has 0 saturated heterocycles. The van der Waals surface area contributed by atoms with Crippen molar-refractivity contribution in [3.8, 4) is 22.8 Å². The minimum atomic E-state index is -0.726. The molecule has 7 nitrogen and oxygen atoms in total. The van der Waals surface area contributed by atoms with Crippen LogP contribution in [0.2, 0.25) is 0 Å². The molecule has 0 N–H and O–H groups in total. The molecule has 0 fully saturated rings. The molecule has 0 aliphatic heterocycles. The van der Waals surface area contributed by atoms with E-state index >= 15 is 0 Å². The van der Waals surface area contributed by atoms with Gasteiger partial charge < -0.3 is 18.8 Å². The van der Waals surface area contributed by atoms with Crippen LogP contribution in [0.15, 0.2) is 84.0 Å². The first-order valence-electron chi connectivity index (χ1n) is 18.6. The maximum Gasteiger partial charge on any atom is 0.311 e. The highest BCUT2D eigenvalue weighted by Crippen LogP contribution is 2.44. The molecule has 0 unspecified atom stereocenters. The Morgan fingerprint density at radius 2 is 1.48 bits per heavy atom. The highest BCUT2D eigenvalue weighted by Gasteiger charge is 2.34. The zero-order valence-electron chi connectivity index (χ0n) is 33.4. The zero-order valence-corrected chi connectivity index (χ0v) is 34.2. The quantitative estimate of drug-likeness (QED) is 0.0883. The summed E-state index contributed by atoms with van der Waals surface area (Å²) in [4.78, 5) is 23.3. The van der Waals surface area contributed by atoms with Gasteiger partial charge in [-0.25, -0.2) is 4.98 Å². The number of fused-ring (bicyclic) bond motifs is 1. The van der Waals surface area contributed by atoms with Gasteiger partial charge in [-0.3, -0.25) is 9.78 Å². The van der Waals surface area contributed by atoms with E-state index in [2.05, 4.69) is 71.7 Å². The maximum atomic E-state index is 13.2. The largest absolute Gasteiger partial charge is 0.487 e. The smallest absolute Gasteiger partial charge is 0.311 e. The Kier molecular flexibility index (Phi) is 15.8. The summed E-state index contributed by atoms with van der Waals surface area (Å²) in [5.74, 6) is 1.21. The van der Waals surface area contributed by atoms with Crippen LogP contribution in [0.1, 0.15) is 98.7 Å². The number of esters is 1. The Morgan fingerprint density at radius 1 is 0.788 bits per heavy atom. The molecule has 0 spiro atoms. The van der Waals surface area contributed by atoms with E-state index < -0.39 is 5.41 Å². The minimum Gasteiger partial charge on any atom is -0.487 e. The Labute approximate surface area is 316 Å². The topological polar surface area (TPSA) is 75.5 Å². The van der Waals surface area contributed by atoms with Gasteiger partial charge >= 0.3 is 5.97 Å². The molecule has 0 bridgehead atoms. The number of nitrogens with zero attached hydrogens (tertiary/aromatic N) is 3. The molecular weight excluding hydrogens is 667 g/mol. The second kappa shape index (κ2) is 19.5. The van der Waals surface area contributed by atoms with E-state index in [1.54, 1.807) is 0 Å². The van der Waals surface area contributed by atoms with E-state index in [0.717, 1.165) is 55.2 Å². The van der Waals surface area contributed by atoms with E-state index in [9.17, 15) is 4.79 Å². The molecule has 8 heteroatoms. The van der Waals surface area contributed by atoms with E-state index in [-0.39, 0.29) is 10.7 Å². The summed E-state index contributed by atoms with van der Waals surface area (Å²) in [5, 5.41) is 1.11. The fourth-order valence-corrected chi connectivity index (χ4v) is 6.74. The number of thioether (sulfide) groups is 1. The van der Waals surface area contributed by atoms with Gasteiger partial charge in [-0.15, -0.1) is 11.8 Å². The summed E-state index contributed by atoms with van der Waals surface area (Å²) in [6, 6.07) is 22.9. The third kappa shape index (κ3) is 11.3.